The summed E-state index contributed by atoms with van der Waals surface area (Å²) in [6, 6.07) is 13.0. The number of aliphatic carboxylic acids is 1. The normalized spacial score (nSPS) is 23.6. The van der Waals surface area contributed by atoms with Crippen LogP contribution in [0.1, 0.15) is 55.6 Å². The van der Waals surface area contributed by atoms with Crippen LogP contribution in [0.3, 0.4) is 0 Å². The Hall–Kier alpha value is -2.57. The molecule has 2 N–H and O–H groups in total. The van der Waals surface area contributed by atoms with Gasteiger partial charge in [0.25, 0.3) is 0 Å². The van der Waals surface area contributed by atoms with Gasteiger partial charge in [-0.15, -0.1) is 0 Å². The van der Waals surface area contributed by atoms with Gasteiger partial charge in [-0.05, 0) is 43.7 Å². The van der Waals surface area contributed by atoms with Crippen LogP contribution in [0.25, 0.3) is 0 Å². The summed E-state index contributed by atoms with van der Waals surface area (Å²) in [6.07, 6.45) is 0.410. The number of nitrogens with one attached hydrogen (secondary N) is 1. The van der Waals surface area contributed by atoms with Crippen molar-refractivity contribution in [2.45, 2.75) is 51.4 Å². The van der Waals surface area contributed by atoms with Crippen molar-refractivity contribution in [3.8, 4) is 5.75 Å². The molecular formula is C23H26ClNO5. The number of carbonyl (C=O) groups excluding carboxylic acids is 1. The SMILES string of the molecule is CC(=O)N[C@@]1(C)C[C@@H](c2cccc(Cl)c2)O[C@@H](c2cc(C)ccc2OCC(=O)O)C1. The monoisotopic (exact) mass is 431 g/mol. The smallest absolute Gasteiger partial charge is 0.341 e. The summed E-state index contributed by atoms with van der Waals surface area (Å²) in [6.45, 7) is 5.01. The number of ether oxygens (including phenoxy) is 2. The van der Waals surface area contributed by atoms with E-state index in [0.29, 0.717) is 23.6 Å². The van der Waals surface area contributed by atoms with Crippen LogP contribution in [0, 0.1) is 6.92 Å². The second-order valence-corrected chi connectivity index (χ2v) is 8.48. The second-order valence-electron chi connectivity index (χ2n) is 8.04. The van der Waals surface area contributed by atoms with Gasteiger partial charge in [0.1, 0.15) is 5.75 Å². The molecule has 7 heteroatoms. The van der Waals surface area contributed by atoms with E-state index in [0.717, 1.165) is 16.7 Å². The van der Waals surface area contributed by atoms with Crippen LogP contribution in [0.5, 0.6) is 5.75 Å². The molecule has 3 atom stereocenters. The minimum Gasteiger partial charge on any atom is -0.482 e. The third-order valence-corrected chi connectivity index (χ3v) is 5.40. The first-order valence-electron chi connectivity index (χ1n) is 9.80. The molecule has 160 valence electrons. The number of halogens is 1. The highest BCUT2D eigenvalue weighted by molar-refractivity contribution is 6.30. The third kappa shape index (κ3) is 5.52. The molecule has 0 radical (unpaired) electrons. The van der Waals surface area contributed by atoms with Crippen LogP contribution in [0.4, 0.5) is 0 Å². The Morgan fingerprint density at radius 1 is 1.23 bits per heavy atom. The van der Waals surface area contributed by atoms with Crippen LogP contribution < -0.4 is 10.1 Å². The van der Waals surface area contributed by atoms with E-state index in [1.807, 2.05) is 44.2 Å². The number of rotatable bonds is 6. The number of carbonyl (C=O) groups is 2. The average molecular weight is 432 g/mol. The van der Waals surface area contributed by atoms with Gasteiger partial charge in [-0.2, -0.15) is 0 Å². The number of amides is 1. The van der Waals surface area contributed by atoms with Gasteiger partial charge in [-0.25, -0.2) is 4.79 Å². The highest BCUT2D eigenvalue weighted by Gasteiger charge is 2.40. The van der Waals surface area contributed by atoms with Gasteiger partial charge in [0.05, 0.1) is 12.2 Å². The van der Waals surface area contributed by atoms with Crippen LogP contribution in [-0.2, 0) is 14.3 Å². The van der Waals surface area contributed by atoms with E-state index in [2.05, 4.69) is 5.32 Å². The van der Waals surface area contributed by atoms with Crippen molar-refractivity contribution in [3.05, 3.63) is 64.2 Å². The van der Waals surface area contributed by atoms with Gasteiger partial charge in [-0.3, -0.25) is 4.79 Å². The Labute approximate surface area is 181 Å². The lowest BCUT2D eigenvalue weighted by molar-refractivity contribution is -0.139. The van der Waals surface area contributed by atoms with Crippen molar-refractivity contribution in [3.63, 3.8) is 0 Å². The van der Waals surface area contributed by atoms with E-state index < -0.39 is 24.2 Å². The zero-order valence-electron chi connectivity index (χ0n) is 17.3. The lowest BCUT2D eigenvalue weighted by Gasteiger charge is -2.43. The van der Waals surface area contributed by atoms with Gasteiger partial charge < -0.3 is 19.9 Å². The van der Waals surface area contributed by atoms with Gasteiger partial charge in [0.15, 0.2) is 6.61 Å². The molecule has 0 saturated carbocycles. The summed E-state index contributed by atoms with van der Waals surface area (Å²) in [5.74, 6) is -0.703. The number of carboxylic acids is 1. The van der Waals surface area contributed by atoms with Crippen molar-refractivity contribution in [1.29, 1.82) is 0 Å². The average Bonchev–Trinajstić information content (AvgIpc) is 2.65. The Balaban J connectivity index is 1.99. The standard InChI is InChI=1S/C23H26ClNO5/c1-14-7-8-19(29-13-22(27)28)18(9-14)21-12-23(3,25-15(2)26)11-20(30-21)16-5-4-6-17(24)10-16/h4-10,20-21H,11-13H2,1-3H3,(H,25,26)(H,27,28)/t20-,21+,23-/m0/s1. The molecule has 1 aliphatic heterocycles. The van der Waals surface area contributed by atoms with Gasteiger partial charge in [0.2, 0.25) is 5.91 Å². The Kier molecular flexibility index (Phi) is 6.68. The molecule has 3 rings (SSSR count). The fourth-order valence-corrected chi connectivity index (χ4v) is 4.20. The molecule has 1 heterocycles. The Morgan fingerprint density at radius 3 is 2.63 bits per heavy atom. The number of hydrogen-bond acceptors (Lipinski definition) is 4. The molecule has 0 bridgehead atoms. The van der Waals surface area contributed by atoms with Crippen LogP contribution in [-0.4, -0.2) is 29.1 Å². The Bertz CT molecular complexity index is 947. The molecule has 2 aromatic rings. The van der Waals surface area contributed by atoms with Gasteiger partial charge in [0, 0.05) is 35.9 Å². The number of aryl methyl sites for hydroxylation is 1. The maximum atomic E-state index is 11.9. The highest BCUT2D eigenvalue weighted by Crippen LogP contribution is 2.46. The van der Waals surface area contributed by atoms with E-state index in [4.69, 9.17) is 26.2 Å². The topological polar surface area (TPSA) is 84.9 Å². The van der Waals surface area contributed by atoms with Crippen molar-refractivity contribution in [2.75, 3.05) is 6.61 Å². The zero-order chi connectivity index (χ0) is 21.9. The minimum atomic E-state index is -1.05. The summed E-state index contributed by atoms with van der Waals surface area (Å²) >= 11 is 6.19. The molecule has 1 amide bonds. The van der Waals surface area contributed by atoms with E-state index in [1.165, 1.54) is 6.92 Å². The van der Waals surface area contributed by atoms with Gasteiger partial charge >= 0.3 is 5.97 Å². The van der Waals surface area contributed by atoms with E-state index in [9.17, 15) is 9.59 Å². The third-order valence-electron chi connectivity index (χ3n) is 5.16. The van der Waals surface area contributed by atoms with E-state index in [-0.39, 0.29) is 12.0 Å². The molecule has 1 fully saturated rings. The molecule has 1 aliphatic rings. The minimum absolute atomic E-state index is 0.116. The molecule has 0 spiro atoms. The Morgan fingerprint density at radius 2 is 1.97 bits per heavy atom. The molecule has 6 nitrogen and oxygen atoms in total. The summed E-state index contributed by atoms with van der Waals surface area (Å²) in [7, 11) is 0. The van der Waals surface area contributed by atoms with Crippen LogP contribution in [0.15, 0.2) is 42.5 Å². The summed E-state index contributed by atoms with van der Waals surface area (Å²) < 4.78 is 12.0. The van der Waals surface area contributed by atoms with Crippen molar-refractivity contribution in [2.24, 2.45) is 0 Å². The number of benzene rings is 2. The maximum Gasteiger partial charge on any atom is 0.341 e. The molecule has 2 aromatic carbocycles. The molecule has 1 saturated heterocycles. The first-order chi connectivity index (χ1) is 14.1. The van der Waals surface area contributed by atoms with Crippen molar-refractivity contribution < 1.29 is 24.2 Å². The fourth-order valence-electron chi connectivity index (χ4n) is 4.00. The van der Waals surface area contributed by atoms with Gasteiger partial charge in [-0.1, -0.05) is 35.4 Å². The lowest BCUT2D eigenvalue weighted by Crippen LogP contribution is -2.50. The van der Waals surface area contributed by atoms with Crippen LogP contribution in [0.2, 0.25) is 5.02 Å². The predicted molar refractivity (Wildman–Crippen MR) is 114 cm³/mol. The molecule has 0 unspecified atom stereocenters. The summed E-state index contributed by atoms with van der Waals surface area (Å²) in [5.41, 5.74) is 2.17. The molecule has 0 aliphatic carbocycles. The van der Waals surface area contributed by atoms with Crippen molar-refractivity contribution in [1.82, 2.24) is 5.32 Å². The highest BCUT2D eigenvalue weighted by atomic mass is 35.5. The lowest BCUT2D eigenvalue weighted by atomic mass is 9.81. The molecular weight excluding hydrogens is 406 g/mol. The first-order valence-corrected chi connectivity index (χ1v) is 10.2. The van der Waals surface area contributed by atoms with Crippen LogP contribution >= 0.6 is 11.6 Å². The van der Waals surface area contributed by atoms with Crippen molar-refractivity contribution >= 4 is 23.5 Å². The second kappa shape index (κ2) is 9.06. The quantitative estimate of drug-likeness (QED) is 0.698. The fraction of sp³-hybridized carbons (Fsp3) is 0.391. The summed E-state index contributed by atoms with van der Waals surface area (Å²) in [4.78, 5) is 22.9. The first kappa shape index (κ1) is 22.1. The summed E-state index contributed by atoms with van der Waals surface area (Å²) in [5, 5.41) is 12.7. The molecule has 0 aromatic heterocycles. The predicted octanol–water partition coefficient (Wildman–Crippen LogP) is 4.60. The maximum absolute atomic E-state index is 11.9. The van der Waals surface area contributed by atoms with E-state index >= 15 is 0 Å². The number of carboxylic acid groups (broad SMARTS) is 1. The van der Waals surface area contributed by atoms with E-state index in [1.54, 1.807) is 12.1 Å². The zero-order valence-corrected chi connectivity index (χ0v) is 18.0. The largest absolute Gasteiger partial charge is 0.482 e. The number of hydrogen-bond donors (Lipinski definition) is 2. The molecule has 30 heavy (non-hydrogen) atoms.